The highest BCUT2D eigenvalue weighted by Crippen LogP contribution is 2.04. The second-order valence-electron chi connectivity index (χ2n) is 3.35. The Bertz CT molecular complexity index is 462. The first-order valence-corrected chi connectivity index (χ1v) is 4.68. The van der Waals surface area contributed by atoms with Gasteiger partial charge in [-0.15, -0.1) is 10.2 Å². The molecule has 0 aliphatic rings. The van der Waals surface area contributed by atoms with Gasteiger partial charge < -0.3 is 4.57 Å². The molecular weight excluding hydrogens is 190 g/mol. The van der Waals surface area contributed by atoms with Crippen molar-refractivity contribution in [2.75, 3.05) is 0 Å². The first kappa shape index (κ1) is 9.58. The van der Waals surface area contributed by atoms with E-state index in [0.29, 0.717) is 12.2 Å². The van der Waals surface area contributed by atoms with E-state index in [1.165, 1.54) is 6.33 Å². The molecule has 4 heteroatoms. The Morgan fingerprint density at radius 1 is 1.33 bits per heavy atom. The fourth-order valence-electron chi connectivity index (χ4n) is 1.40. The van der Waals surface area contributed by atoms with E-state index in [0.717, 1.165) is 5.56 Å². The molecule has 15 heavy (non-hydrogen) atoms. The minimum absolute atomic E-state index is 0.0128. The van der Waals surface area contributed by atoms with Crippen molar-refractivity contribution < 1.29 is 4.79 Å². The molecule has 0 aliphatic carbocycles. The van der Waals surface area contributed by atoms with E-state index in [-0.39, 0.29) is 5.78 Å². The Hall–Kier alpha value is -1.97. The lowest BCUT2D eigenvalue weighted by Gasteiger charge is -1.99. The van der Waals surface area contributed by atoms with E-state index < -0.39 is 0 Å². The van der Waals surface area contributed by atoms with Crippen LogP contribution in [0.2, 0.25) is 0 Å². The highest BCUT2D eigenvalue weighted by molar-refractivity contribution is 5.94. The van der Waals surface area contributed by atoms with E-state index in [2.05, 4.69) is 10.2 Å². The fraction of sp³-hybridized carbons (Fsp3) is 0.182. The average Bonchev–Trinajstić information content (AvgIpc) is 2.66. The summed E-state index contributed by atoms with van der Waals surface area (Å²) < 4.78 is 1.63. The van der Waals surface area contributed by atoms with Crippen LogP contribution in [0.25, 0.3) is 0 Å². The van der Waals surface area contributed by atoms with Gasteiger partial charge >= 0.3 is 0 Å². The number of benzene rings is 1. The molecule has 0 unspecified atom stereocenters. The number of ketones is 1. The second-order valence-corrected chi connectivity index (χ2v) is 3.35. The zero-order chi connectivity index (χ0) is 10.7. The molecule has 0 radical (unpaired) electrons. The molecule has 1 aromatic carbocycles. The number of hydrogen-bond donors (Lipinski definition) is 0. The van der Waals surface area contributed by atoms with Gasteiger partial charge in [-0.1, -0.05) is 30.3 Å². The van der Waals surface area contributed by atoms with E-state index in [9.17, 15) is 4.79 Å². The lowest BCUT2D eigenvalue weighted by molar-refractivity contribution is 0.0979. The first-order valence-electron chi connectivity index (χ1n) is 4.68. The van der Waals surface area contributed by atoms with Crippen molar-refractivity contribution in [2.45, 2.75) is 6.42 Å². The average molecular weight is 201 g/mol. The summed E-state index contributed by atoms with van der Waals surface area (Å²) in [5.74, 6) is 0.389. The van der Waals surface area contributed by atoms with Gasteiger partial charge in [0.25, 0.3) is 0 Å². The number of aromatic nitrogens is 3. The Morgan fingerprint density at radius 2 is 2.07 bits per heavy atom. The Morgan fingerprint density at radius 3 is 2.67 bits per heavy atom. The van der Waals surface area contributed by atoms with Crippen LogP contribution in [0.1, 0.15) is 16.2 Å². The Labute approximate surface area is 87.6 Å². The number of rotatable bonds is 3. The maximum Gasteiger partial charge on any atom is 0.204 e. The molecule has 4 nitrogen and oxygen atoms in total. The van der Waals surface area contributed by atoms with Crippen molar-refractivity contribution in [2.24, 2.45) is 7.05 Å². The summed E-state index contributed by atoms with van der Waals surface area (Å²) in [6.45, 7) is 0. The predicted molar refractivity (Wildman–Crippen MR) is 55.5 cm³/mol. The molecule has 0 bridgehead atoms. The Kier molecular flexibility index (Phi) is 2.58. The molecule has 76 valence electrons. The number of hydrogen-bond acceptors (Lipinski definition) is 3. The summed E-state index contributed by atoms with van der Waals surface area (Å²) in [7, 11) is 1.76. The van der Waals surface area contributed by atoms with Crippen molar-refractivity contribution in [3.05, 3.63) is 48.0 Å². The van der Waals surface area contributed by atoms with Gasteiger partial charge in [-0.3, -0.25) is 4.79 Å². The van der Waals surface area contributed by atoms with Gasteiger partial charge in [0.2, 0.25) is 5.78 Å². The van der Waals surface area contributed by atoms with Gasteiger partial charge in [0.1, 0.15) is 6.33 Å². The van der Waals surface area contributed by atoms with E-state index in [1.54, 1.807) is 11.6 Å². The predicted octanol–water partition coefficient (Wildman–Crippen LogP) is 1.24. The van der Waals surface area contributed by atoms with Crippen LogP contribution in [0, 0.1) is 0 Å². The maximum atomic E-state index is 11.8. The number of nitrogens with zero attached hydrogens (tertiary/aromatic N) is 3. The van der Waals surface area contributed by atoms with Crippen molar-refractivity contribution in [1.82, 2.24) is 14.8 Å². The second kappa shape index (κ2) is 4.04. The van der Waals surface area contributed by atoms with Crippen LogP contribution in [0.15, 0.2) is 36.7 Å². The third kappa shape index (κ3) is 2.10. The van der Waals surface area contributed by atoms with Gasteiger partial charge in [-0.05, 0) is 5.56 Å². The van der Waals surface area contributed by atoms with Crippen LogP contribution < -0.4 is 0 Å². The minimum Gasteiger partial charge on any atom is -0.314 e. The fourth-order valence-corrected chi connectivity index (χ4v) is 1.40. The summed E-state index contributed by atoms with van der Waals surface area (Å²) in [5.41, 5.74) is 0.991. The summed E-state index contributed by atoms with van der Waals surface area (Å²) in [4.78, 5) is 11.8. The first-order chi connectivity index (χ1) is 7.27. The van der Waals surface area contributed by atoms with Gasteiger partial charge in [0.15, 0.2) is 5.82 Å². The smallest absolute Gasteiger partial charge is 0.204 e. The van der Waals surface area contributed by atoms with Crippen LogP contribution in [0.5, 0.6) is 0 Å². The standard InChI is InChI=1S/C11H11N3O/c1-14-8-12-13-11(14)10(15)7-9-5-3-2-4-6-9/h2-6,8H,7H2,1H3. The van der Waals surface area contributed by atoms with Gasteiger partial charge in [-0.2, -0.15) is 0 Å². The van der Waals surface area contributed by atoms with E-state index in [4.69, 9.17) is 0 Å². The Balaban J connectivity index is 2.15. The molecule has 0 atom stereocenters. The quantitative estimate of drug-likeness (QED) is 0.702. The number of carbonyl (C=O) groups is 1. The lowest BCUT2D eigenvalue weighted by atomic mass is 10.1. The van der Waals surface area contributed by atoms with Crippen LogP contribution in [-0.4, -0.2) is 20.5 Å². The molecule has 2 rings (SSSR count). The summed E-state index contributed by atoms with van der Waals surface area (Å²) in [6.07, 6.45) is 1.89. The summed E-state index contributed by atoms with van der Waals surface area (Å²) in [6, 6.07) is 9.61. The largest absolute Gasteiger partial charge is 0.314 e. The topological polar surface area (TPSA) is 47.8 Å². The third-order valence-corrected chi connectivity index (χ3v) is 2.17. The van der Waals surface area contributed by atoms with Gasteiger partial charge in [0, 0.05) is 13.5 Å². The zero-order valence-corrected chi connectivity index (χ0v) is 8.42. The molecule has 0 spiro atoms. The molecule has 0 fully saturated rings. The van der Waals surface area contributed by atoms with E-state index >= 15 is 0 Å². The summed E-state index contributed by atoms with van der Waals surface area (Å²) in [5, 5.41) is 7.45. The highest BCUT2D eigenvalue weighted by atomic mass is 16.1. The SMILES string of the molecule is Cn1cnnc1C(=O)Cc1ccccc1. The van der Waals surface area contributed by atoms with Crippen LogP contribution in [0.3, 0.4) is 0 Å². The zero-order valence-electron chi connectivity index (χ0n) is 8.42. The molecule has 1 heterocycles. The van der Waals surface area contributed by atoms with Crippen molar-refractivity contribution >= 4 is 5.78 Å². The van der Waals surface area contributed by atoms with Gasteiger partial charge in [0.05, 0.1) is 0 Å². The monoisotopic (exact) mass is 201 g/mol. The van der Waals surface area contributed by atoms with Crippen LogP contribution >= 0.6 is 0 Å². The third-order valence-electron chi connectivity index (χ3n) is 2.17. The number of Topliss-reactive ketones (excluding diaryl/α,β-unsaturated/α-hetero) is 1. The van der Waals surface area contributed by atoms with E-state index in [1.807, 2.05) is 30.3 Å². The van der Waals surface area contributed by atoms with Crippen molar-refractivity contribution in [3.8, 4) is 0 Å². The minimum atomic E-state index is -0.0128. The molecule has 0 aliphatic heterocycles. The number of aryl methyl sites for hydroxylation is 1. The van der Waals surface area contributed by atoms with Crippen molar-refractivity contribution in [3.63, 3.8) is 0 Å². The van der Waals surface area contributed by atoms with Crippen LogP contribution in [0.4, 0.5) is 0 Å². The maximum absolute atomic E-state index is 11.8. The summed E-state index contributed by atoms with van der Waals surface area (Å²) >= 11 is 0. The molecule has 1 aromatic heterocycles. The lowest BCUT2D eigenvalue weighted by Crippen LogP contribution is -2.10. The van der Waals surface area contributed by atoms with Gasteiger partial charge in [-0.25, -0.2) is 0 Å². The molecule has 0 saturated carbocycles. The highest BCUT2D eigenvalue weighted by Gasteiger charge is 2.11. The molecule has 0 saturated heterocycles. The molecule has 0 amide bonds. The molecule has 2 aromatic rings. The molecular formula is C11H11N3O. The van der Waals surface area contributed by atoms with Crippen molar-refractivity contribution in [1.29, 1.82) is 0 Å². The normalized spacial score (nSPS) is 10.2. The molecule has 0 N–H and O–H groups in total. The number of carbonyl (C=O) groups excluding carboxylic acids is 1. The van der Waals surface area contributed by atoms with Crippen LogP contribution in [-0.2, 0) is 13.5 Å².